The first-order valence-electron chi connectivity index (χ1n) is 10.1. The molecule has 0 spiro atoms. The third kappa shape index (κ3) is 4.34. The Balaban J connectivity index is 2.50. The predicted octanol–water partition coefficient (Wildman–Crippen LogP) is 3.03. The van der Waals surface area contributed by atoms with Gasteiger partial charge in [0, 0.05) is 0 Å². The molecule has 1 aliphatic rings. The van der Waals surface area contributed by atoms with Crippen molar-refractivity contribution in [1.29, 1.82) is 5.26 Å². The molecule has 3 N–H and O–H groups in total. The van der Waals surface area contributed by atoms with Crippen LogP contribution in [0.3, 0.4) is 0 Å². The van der Waals surface area contributed by atoms with Crippen molar-refractivity contribution in [2.45, 2.75) is 12.1 Å². The second-order valence-corrected chi connectivity index (χ2v) is 7.33. The molecule has 3 rings (SSSR count). The molecule has 186 valence electrons. The van der Waals surface area contributed by atoms with Gasteiger partial charge in [0.2, 0.25) is 0 Å². The summed E-state index contributed by atoms with van der Waals surface area (Å²) in [5.41, 5.74) is 3.08. The Labute approximate surface area is 202 Å². The van der Waals surface area contributed by atoms with Crippen molar-refractivity contribution in [2.24, 2.45) is 5.73 Å². The standard InChI is InChI=1S/C24H18F3N3O6/c1-35-22(33)18-16(12-7-4-3-5-8-12)13(11-28)21(29)30(19(18)23(34)36-2)14-9-6-10-15(31)17(14)20(32)24(25,26)27/h3-10,16,31H,29H2,1-2H3. The third-order valence-electron chi connectivity index (χ3n) is 5.36. The van der Waals surface area contributed by atoms with Crippen LogP contribution in [0, 0.1) is 11.3 Å². The number of nitrogens with two attached hydrogens (primary N) is 1. The monoisotopic (exact) mass is 501 g/mol. The maximum Gasteiger partial charge on any atom is 0.455 e. The van der Waals surface area contributed by atoms with Gasteiger partial charge in [-0.15, -0.1) is 0 Å². The molecule has 1 atom stereocenters. The number of benzene rings is 2. The predicted molar refractivity (Wildman–Crippen MR) is 118 cm³/mol. The number of rotatable bonds is 5. The highest BCUT2D eigenvalue weighted by atomic mass is 19.4. The lowest BCUT2D eigenvalue weighted by Gasteiger charge is -2.36. The Bertz CT molecular complexity index is 1340. The number of hydrogen-bond donors (Lipinski definition) is 2. The summed E-state index contributed by atoms with van der Waals surface area (Å²) in [6, 6.07) is 12.6. The van der Waals surface area contributed by atoms with Gasteiger partial charge in [-0.3, -0.25) is 9.69 Å². The summed E-state index contributed by atoms with van der Waals surface area (Å²) in [5, 5.41) is 20.2. The summed E-state index contributed by atoms with van der Waals surface area (Å²) in [5.74, 6) is -7.70. The second-order valence-electron chi connectivity index (χ2n) is 7.33. The first-order chi connectivity index (χ1) is 17.0. The normalized spacial score (nSPS) is 15.9. The van der Waals surface area contributed by atoms with E-state index < -0.39 is 63.9 Å². The van der Waals surface area contributed by atoms with Gasteiger partial charge in [-0.2, -0.15) is 18.4 Å². The molecule has 12 heteroatoms. The molecular formula is C24H18F3N3O6. The highest BCUT2D eigenvalue weighted by Crippen LogP contribution is 2.45. The van der Waals surface area contributed by atoms with Crippen molar-refractivity contribution in [2.75, 3.05) is 19.1 Å². The number of anilines is 1. The van der Waals surface area contributed by atoms with Crippen LogP contribution in [-0.4, -0.2) is 43.2 Å². The van der Waals surface area contributed by atoms with Crippen molar-refractivity contribution in [3.63, 3.8) is 0 Å². The van der Waals surface area contributed by atoms with Crippen LogP contribution in [0.2, 0.25) is 0 Å². The van der Waals surface area contributed by atoms with Crippen LogP contribution < -0.4 is 10.6 Å². The fraction of sp³-hybridized carbons (Fsp3) is 0.167. The molecule has 2 aromatic carbocycles. The number of esters is 2. The molecule has 2 aromatic rings. The van der Waals surface area contributed by atoms with Gasteiger partial charge >= 0.3 is 18.1 Å². The number of phenols is 1. The number of ketones is 1. The zero-order valence-electron chi connectivity index (χ0n) is 18.8. The number of hydrogen-bond acceptors (Lipinski definition) is 9. The summed E-state index contributed by atoms with van der Waals surface area (Å²) in [6.07, 6.45) is -5.42. The topological polar surface area (TPSA) is 143 Å². The molecule has 36 heavy (non-hydrogen) atoms. The number of aromatic hydroxyl groups is 1. The van der Waals surface area contributed by atoms with Crippen LogP contribution in [0.25, 0.3) is 0 Å². The lowest BCUT2D eigenvalue weighted by atomic mass is 9.80. The van der Waals surface area contributed by atoms with E-state index in [1.807, 2.05) is 6.07 Å². The molecule has 0 aromatic heterocycles. The van der Waals surface area contributed by atoms with Crippen molar-refractivity contribution in [3.05, 3.63) is 82.3 Å². The Morgan fingerprint density at radius 3 is 2.17 bits per heavy atom. The fourth-order valence-electron chi connectivity index (χ4n) is 3.85. The van der Waals surface area contributed by atoms with E-state index in [1.54, 1.807) is 18.2 Å². The molecule has 1 unspecified atom stereocenters. The van der Waals surface area contributed by atoms with Crippen LogP contribution in [0.4, 0.5) is 18.9 Å². The minimum absolute atomic E-state index is 0.331. The van der Waals surface area contributed by atoms with E-state index in [1.165, 1.54) is 12.1 Å². The van der Waals surface area contributed by atoms with Crippen molar-refractivity contribution >= 4 is 23.4 Å². The molecule has 1 heterocycles. The summed E-state index contributed by atoms with van der Waals surface area (Å²) in [4.78, 5) is 38.8. The fourth-order valence-corrected chi connectivity index (χ4v) is 3.85. The van der Waals surface area contributed by atoms with Gasteiger partial charge in [-0.05, 0) is 17.7 Å². The van der Waals surface area contributed by atoms with Crippen LogP contribution in [0.1, 0.15) is 21.8 Å². The zero-order valence-corrected chi connectivity index (χ0v) is 18.8. The minimum Gasteiger partial charge on any atom is -0.507 e. The molecule has 0 saturated heterocycles. The zero-order chi connectivity index (χ0) is 26.8. The van der Waals surface area contributed by atoms with E-state index in [0.717, 1.165) is 32.4 Å². The minimum atomic E-state index is -5.42. The molecule has 0 radical (unpaired) electrons. The molecular weight excluding hydrogens is 483 g/mol. The Morgan fingerprint density at radius 1 is 1.03 bits per heavy atom. The van der Waals surface area contributed by atoms with Crippen molar-refractivity contribution < 1.29 is 42.1 Å². The van der Waals surface area contributed by atoms with Crippen LogP contribution >= 0.6 is 0 Å². The molecule has 0 saturated carbocycles. The average Bonchev–Trinajstić information content (AvgIpc) is 2.86. The number of ether oxygens (including phenoxy) is 2. The number of Topliss-reactive ketones (excluding diaryl/α,β-unsaturated/α-hetero) is 1. The van der Waals surface area contributed by atoms with Gasteiger partial charge < -0.3 is 20.3 Å². The molecule has 0 fully saturated rings. The maximum atomic E-state index is 13.4. The van der Waals surface area contributed by atoms with Gasteiger partial charge in [0.25, 0.3) is 5.78 Å². The summed E-state index contributed by atoms with van der Waals surface area (Å²) in [7, 11) is 1.95. The van der Waals surface area contributed by atoms with E-state index >= 15 is 0 Å². The first kappa shape index (κ1) is 25.8. The van der Waals surface area contributed by atoms with Crippen LogP contribution in [0.15, 0.2) is 71.2 Å². The number of nitrogens with zero attached hydrogens (tertiary/aromatic N) is 2. The van der Waals surface area contributed by atoms with Gasteiger partial charge in [-0.1, -0.05) is 36.4 Å². The number of alkyl halides is 3. The lowest BCUT2D eigenvalue weighted by Crippen LogP contribution is -2.41. The number of allylic oxidation sites excluding steroid dienone is 1. The van der Waals surface area contributed by atoms with Gasteiger partial charge in [0.05, 0.1) is 48.6 Å². The Morgan fingerprint density at radius 2 is 1.64 bits per heavy atom. The van der Waals surface area contributed by atoms with E-state index in [-0.39, 0.29) is 5.57 Å². The van der Waals surface area contributed by atoms with E-state index in [9.17, 15) is 37.9 Å². The van der Waals surface area contributed by atoms with Crippen molar-refractivity contribution in [1.82, 2.24) is 0 Å². The Hall–Kier alpha value is -4.79. The van der Waals surface area contributed by atoms with Crippen LogP contribution in [-0.2, 0) is 19.1 Å². The summed E-state index contributed by atoms with van der Waals surface area (Å²) in [6.45, 7) is 0. The molecule has 1 aliphatic heterocycles. The third-order valence-corrected chi connectivity index (χ3v) is 5.36. The molecule has 0 amide bonds. The number of carbonyl (C=O) groups excluding carboxylic acids is 3. The van der Waals surface area contributed by atoms with Crippen LogP contribution in [0.5, 0.6) is 5.75 Å². The lowest BCUT2D eigenvalue weighted by molar-refractivity contribution is -0.139. The molecule has 0 bridgehead atoms. The highest BCUT2D eigenvalue weighted by Gasteiger charge is 2.47. The number of methoxy groups -OCH3 is 2. The molecule has 9 nitrogen and oxygen atoms in total. The van der Waals surface area contributed by atoms with E-state index in [0.29, 0.717) is 10.5 Å². The smallest absolute Gasteiger partial charge is 0.455 e. The quantitative estimate of drug-likeness (QED) is 0.467. The van der Waals surface area contributed by atoms with E-state index in [2.05, 4.69) is 0 Å². The number of phenolic OH excluding ortho intramolecular Hbond substituents is 1. The SMILES string of the molecule is COC(=O)C1=C(C(=O)OC)N(c2cccc(O)c2C(=O)C(F)(F)F)C(N)=C(C#N)C1c1ccccc1. The van der Waals surface area contributed by atoms with Gasteiger partial charge in [0.15, 0.2) is 0 Å². The summed E-state index contributed by atoms with van der Waals surface area (Å²) >= 11 is 0. The molecule has 0 aliphatic carbocycles. The maximum absolute atomic E-state index is 13.4. The van der Waals surface area contributed by atoms with Gasteiger partial charge in [0.1, 0.15) is 17.3 Å². The Kier molecular flexibility index (Phi) is 7.05. The second kappa shape index (κ2) is 9.83. The van der Waals surface area contributed by atoms with Gasteiger partial charge in [-0.25, -0.2) is 9.59 Å². The van der Waals surface area contributed by atoms with E-state index in [4.69, 9.17) is 15.2 Å². The largest absolute Gasteiger partial charge is 0.507 e. The average molecular weight is 501 g/mol. The number of halogens is 3. The summed E-state index contributed by atoms with van der Waals surface area (Å²) < 4.78 is 49.9. The van der Waals surface area contributed by atoms with Crippen molar-refractivity contribution in [3.8, 4) is 11.8 Å². The first-order valence-corrected chi connectivity index (χ1v) is 10.1. The highest BCUT2D eigenvalue weighted by molar-refractivity contribution is 6.11. The number of nitriles is 1. The number of carbonyl (C=O) groups is 3.